The van der Waals surface area contributed by atoms with Gasteiger partial charge in [-0.05, 0) is 12.1 Å². The predicted octanol–water partition coefficient (Wildman–Crippen LogP) is 1.17. The van der Waals surface area contributed by atoms with E-state index in [0.29, 0.717) is 25.6 Å². The molecule has 0 radical (unpaired) electrons. The Labute approximate surface area is 92.8 Å². The van der Waals surface area contributed by atoms with Crippen LogP contribution in [0.5, 0.6) is 17.2 Å². The van der Waals surface area contributed by atoms with E-state index in [0.717, 1.165) is 11.5 Å². The van der Waals surface area contributed by atoms with Crippen LogP contribution in [0.4, 0.5) is 0 Å². The lowest BCUT2D eigenvalue weighted by Gasteiger charge is -2.11. The minimum absolute atomic E-state index is 0.259. The van der Waals surface area contributed by atoms with E-state index in [2.05, 4.69) is 0 Å². The van der Waals surface area contributed by atoms with Crippen LogP contribution in [-0.4, -0.2) is 32.9 Å². The maximum Gasteiger partial charge on any atom is 0.231 e. The first-order valence-corrected chi connectivity index (χ1v) is 5.17. The van der Waals surface area contributed by atoms with Crippen LogP contribution in [0.15, 0.2) is 18.2 Å². The highest BCUT2D eigenvalue weighted by Crippen LogP contribution is 2.35. The summed E-state index contributed by atoms with van der Waals surface area (Å²) in [5, 5.41) is 0. The molecule has 1 aromatic rings. The van der Waals surface area contributed by atoms with E-state index in [1.165, 1.54) is 0 Å². The third-order valence-electron chi connectivity index (χ3n) is 2.42. The van der Waals surface area contributed by atoms with Gasteiger partial charge in [-0.2, -0.15) is 0 Å². The van der Waals surface area contributed by atoms with E-state index in [1.54, 1.807) is 6.07 Å². The first kappa shape index (κ1) is 9.74. The van der Waals surface area contributed by atoms with Gasteiger partial charge in [0.2, 0.25) is 6.79 Å². The Kier molecular flexibility index (Phi) is 2.55. The van der Waals surface area contributed by atoms with Gasteiger partial charge in [-0.3, -0.25) is 0 Å². The Morgan fingerprint density at radius 1 is 1.12 bits per heavy atom. The van der Waals surface area contributed by atoms with Crippen molar-refractivity contribution in [1.29, 1.82) is 0 Å². The topological polar surface area (TPSA) is 46.2 Å². The van der Waals surface area contributed by atoms with E-state index in [4.69, 9.17) is 23.7 Å². The Morgan fingerprint density at radius 3 is 2.81 bits per heavy atom. The molecule has 0 aliphatic carbocycles. The molecule has 3 rings (SSSR count). The summed E-state index contributed by atoms with van der Waals surface area (Å²) in [6, 6.07) is 5.47. The minimum atomic E-state index is -0.259. The Hall–Kier alpha value is -1.46. The Balaban J connectivity index is 1.61. The number of benzene rings is 1. The highest BCUT2D eigenvalue weighted by atomic mass is 16.7. The largest absolute Gasteiger partial charge is 0.488 e. The zero-order valence-corrected chi connectivity index (χ0v) is 8.68. The van der Waals surface area contributed by atoms with E-state index in [1.807, 2.05) is 12.1 Å². The van der Waals surface area contributed by atoms with Crippen molar-refractivity contribution in [2.45, 2.75) is 6.29 Å². The van der Waals surface area contributed by atoms with E-state index >= 15 is 0 Å². The van der Waals surface area contributed by atoms with Crippen LogP contribution in [0.2, 0.25) is 0 Å². The third-order valence-corrected chi connectivity index (χ3v) is 2.42. The van der Waals surface area contributed by atoms with Crippen molar-refractivity contribution < 1.29 is 23.7 Å². The lowest BCUT2D eigenvalue weighted by atomic mass is 10.3. The summed E-state index contributed by atoms with van der Waals surface area (Å²) in [4.78, 5) is 0. The second kappa shape index (κ2) is 4.19. The predicted molar refractivity (Wildman–Crippen MR) is 53.8 cm³/mol. The molecule has 2 heterocycles. The van der Waals surface area contributed by atoms with Crippen molar-refractivity contribution in [3.8, 4) is 17.2 Å². The smallest absolute Gasteiger partial charge is 0.231 e. The summed E-state index contributed by atoms with van der Waals surface area (Å²) in [6.07, 6.45) is -0.259. The molecule has 86 valence electrons. The summed E-state index contributed by atoms with van der Waals surface area (Å²) < 4.78 is 26.5. The molecular weight excluding hydrogens is 212 g/mol. The molecule has 0 saturated carbocycles. The summed E-state index contributed by atoms with van der Waals surface area (Å²) in [5.41, 5.74) is 0. The maximum absolute atomic E-state index is 5.53. The molecule has 0 atom stereocenters. The molecule has 0 bridgehead atoms. The summed E-state index contributed by atoms with van der Waals surface area (Å²) in [6.45, 7) is 1.93. The van der Waals surface area contributed by atoms with Crippen LogP contribution >= 0.6 is 0 Å². The van der Waals surface area contributed by atoms with Crippen LogP contribution in [0.25, 0.3) is 0 Å². The van der Waals surface area contributed by atoms with Gasteiger partial charge < -0.3 is 23.7 Å². The molecule has 0 amide bonds. The van der Waals surface area contributed by atoms with Crippen molar-refractivity contribution in [3.05, 3.63) is 18.2 Å². The van der Waals surface area contributed by atoms with Crippen LogP contribution in [-0.2, 0) is 9.47 Å². The Bertz CT molecular complexity index is 373. The van der Waals surface area contributed by atoms with Gasteiger partial charge in [0.1, 0.15) is 12.4 Å². The zero-order valence-electron chi connectivity index (χ0n) is 8.68. The third kappa shape index (κ3) is 1.91. The Morgan fingerprint density at radius 2 is 1.94 bits per heavy atom. The van der Waals surface area contributed by atoms with E-state index in [9.17, 15) is 0 Å². The van der Waals surface area contributed by atoms with Crippen LogP contribution in [0.1, 0.15) is 0 Å². The normalized spacial score (nSPS) is 19.0. The van der Waals surface area contributed by atoms with Gasteiger partial charge in [0.25, 0.3) is 0 Å². The van der Waals surface area contributed by atoms with Gasteiger partial charge in [0.05, 0.1) is 13.2 Å². The number of ether oxygens (including phenoxy) is 5. The SMILES string of the molecule is c1cc2c(cc1OCC1OCCO1)OCO2. The number of fused-ring (bicyclic) bond motifs is 1. The molecule has 5 nitrogen and oxygen atoms in total. The second-order valence-corrected chi connectivity index (χ2v) is 3.50. The molecule has 0 spiro atoms. The van der Waals surface area contributed by atoms with Gasteiger partial charge in [0, 0.05) is 6.07 Å². The summed E-state index contributed by atoms with van der Waals surface area (Å²) in [7, 11) is 0. The molecular formula is C11H12O5. The first-order valence-electron chi connectivity index (χ1n) is 5.17. The molecule has 5 heteroatoms. The monoisotopic (exact) mass is 224 g/mol. The van der Waals surface area contributed by atoms with Gasteiger partial charge in [-0.1, -0.05) is 0 Å². The standard InChI is InChI=1S/C11H12O5/c1-2-9-10(16-7-15-9)5-8(1)14-6-11-12-3-4-13-11/h1-2,5,11H,3-4,6-7H2. The maximum atomic E-state index is 5.53. The van der Waals surface area contributed by atoms with Gasteiger partial charge in [0.15, 0.2) is 17.8 Å². The van der Waals surface area contributed by atoms with Crippen molar-refractivity contribution in [1.82, 2.24) is 0 Å². The van der Waals surface area contributed by atoms with Crippen LogP contribution < -0.4 is 14.2 Å². The number of rotatable bonds is 3. The summed E-state index contributed by atoms with van der Waals surface area (Å²) >= 11 is 0. The van der Waals surface area contributed by atoms with Crippen molar-refractivity contribution >= 4 is 0 Å². The van der Waals surface area contributed by atoms with E-state index in [-0.39, 0.29) is 13.1 Å². The second-order valence-electron chi connectivity index (χ2n) is 3.50. The first-order chi connectivity index (χ1) is 7.92. The van der Waals surface area contributed by atoms with Gasteiger partial charge in [-0.15, -0.1) is 0 Å². The van der Waals surface area contributed by atoms with Gasteiger partial charge in [-0.25, -0.2) is 0 Å². The number of hydrogen-bond donors (Lipinski definition) is 0. The lowest BCUT2D eigenvalue weighted by Crippen LogP contribution is -2.18. The van der Waals surface area contributed by atoms with Crippen LogP contribution in [0, 0.1) is 0 Å². The molecule has 0 unspecified atom stereocenters. The van der Waals surface area contributed by atoms with Gasteiger partial charge >= 0.3 is 0 Å². The minimum Gasteiger partial charge on any atom is -0.488 e. The molecule has 2 aliphatic heterocycles. The molecule has 16 heavy (non-hydrogen) atoms. The molecule has 0 N–H and O–H groups in total. The molecule has 1 fully saturated rings. The van der Waals surface area contributed by atoms with Crippen molar-refractivity contribution in [2.24, 2.45) is 0 Å². The highest BCUT2D eigenvalue weighted by Gasteiger charge is 2.18. The molecule has 2 aliphatic rings. The molecule has 0 aromatic heterocycles. The lowest BCUT2D eigenvalue weighted by molar-refractivity contribution is -0.0684. The molecule has 1 saturated heterocycles. The van der Waals surface area contributed by atoms with Crippen molar-refractivity contribution in [3.63, 3.8) is 0 Å². The van der Waals surface area contributed by atoms with Crippen LogP contribution in [0.3, 0.4) is 0 Å². The summed E-state index contributed by atoms with van der Waals surface area (Å²) in [5.74, 6) is 2.19. The molecule has 1 aromatic carbocycles. The quantitative estimate of drug-likeness (QED) is 0.771. The number of hydrogen-bond acceptors (Lipinski definition) is 5. The van der Waals surface area contributed by atoms with E-state index < -0.39 is 0 Å². The average molecular weight is 224 g/mol. The fourth-order valence-corrected chi connectivity index (χ4v) is 1.63. The van der Waals surface area contributed by atoms with Crippen molar-refractivity contribution in [2.75, 3.05) is 26.6 Å². The highest BCUT2D eigenvalue weighted by molar-refractivity contribution is 5.46. The fraction of sp³-hybridized carbons (Fsp3) is 0.455. The fourth-order valence-electron chi connectivity index (χ4n) is 1.63. The average Bonchev–Trinajstić information content (AvgIpc) is 2.97. The zero-order chi connectivity index (χ0) is 10.8.